The number of carbonyl (C=O) groups is 1. The first-order valence-corrected chi connectivity index (χ1v) is 11.5. The number of carbonyl (C=O) groups excluding carboxylic acids is 1. The minimum absolute atomic E-state index is 0.264. The first kappa shape index (κ1) is 21.8. The van der Waals surface area contributed by atoms with E-state index in [4.69, 9.17) is 16.6 Å². The second-order valence-corrected chi connectivity index (χ2v) is 8.64. The molecule has 0 aliphatic heterocycles. The average molecular weight is 495 g/mol. The molecule has 1 amide bonds. The number of nitrogens with one attached hydrogen (secondary N) is 3. The van der Waals surface area contributed by atoms with Crippen molar-refractivity contribution in [1.82, 2.24) is 29.7 Å². The molecule has 0 radical (unpaired) electrons. The van der Waals surface area contributed by atoms with Crippen molar-refractivity contribution in [3.8, 4) is 11.4 Å². The predicted octanol–water partition coefficient (Wildman–Crippen LogP) is 5.56. The molecule has 6 aromatic rings. The number of aromatic nitrogens is 6. The van der Waals surface area contributed by atoms with Gasteiger partial charge < -0.3 is 15.2 Å². The molecule has 0 saturated carbocycles. The molecule has 36 heavy (non-hydrogen) atoms. The van der Waals surface area contributed by atoms with Crippen molar-refractivity contribution in [2.75, 3.05) is 10.6 Å². The normalized spacial score (nSPS) is 11.2. The first-order chi connectivity index (χ1) is 17.5. The molecule has 4 aromatic heterocycles. The van der Waals surface area contributed by atoms with Gasteiger partial charge in [-0.1, -0.05) is 23.7 Å². The van der Waals surface area contributed by atoms with Crippen molar-refractivity contribution < 1.29 is 4.79 Å². The van der Waals surface area contributed by atoms with Gasteiger partial charge in [-0.2, -0.15) is 5.10 Å². The van der Waals surface area contributed by atoms with Crippen molar-refractivity contribution in [2.24, 2.45) is 7.05 Å². The maximum absolute atomic E-state index is 12.9. The van der Waals surface area contributed by atoms with Crippen LogP contribution in [0.1, 0.15) is 10.5 Å². The quantitative estimate of drug-likeness (QED) is 0.289. The van der Waals surface area contributed by atoms with Gasteiger partial charge in [0.25, 0.3) is 5.91 Å². The van der Waals surface area contributed by atoms with Crippen molar-refractivity contribution >= 4 is 56.5 Å². The van der Waals surface area contributed by atoms with Crippen LogP contribution in [0.4, 0.5) is 17.2 Å². The molecule has 6 rings (SSSR count). The van der Waals surface area contributed by atoms with E-state index in [1.54, 1.807) is 24.7 Å². The van der Waals surface area contributed by atoms with E-state index in [1.807, 2.05) is 60.1 Å². The minimum atomic E-state index is -0.264. The van der Waals surface area contributed by atoms with Crippen molar-refractivity contribution in [2.45, 2.75) is 0 Å². The van der Waals surface area contributed by atoms with Gasteiger partial charge >= 0.3 is 0 Å². The van der Waals surface area contributed by atoms with Crippen LogP contribution < -0.4 is 10.6 Å². The number of halogens is 1. The summed E-state index contributed by atoms with van der Waals surface area (Å²) in [5.41, 5.74) is 4.59. The Labute approximate surface area is 210 Å². The van der Waals surface area contributed by atoms with Crippen LogP contribution in [-0.4, -0.2) is 35.6 Å². The smallest absolute Gasteiger partial charge is 0.272 e. The van der Waals surface area contributed by atoms with Crippen molar-refractivity contribution in [3.05, 3.63) is 90.1 Å². The maximum Gasteiger partial charge on any atom is 0.272 e. The van der Waals surface area contributed by atoms with Gasteiger partial charge in [-0.15, -0.1) is 0 Å². The van der Waals surface area contributed by atoms with E-state index in [2.05, 4.69) is 30.8 Å². The average Bonchev–Trinajstić information content (AvgIpc) is 3.49. The highest BCUT2D eigenvalue weighted by Gasteiger charge is 2.16. The van der Waals surface area contributed by atoms with Gasteiger partial charge in [-0.3, -0.25) is 14.9 Å². The molecular weight excluding hydrogens is 476 g/mol. The summed E-state index contributed by atoms with van der Waals surface area (Å²) >= 11 is 6.14. The number of hydrogen-bond acceptors (Lipinski definition) is 6. The molecule has 4 heterocycles. The van der Waals surface area contributed by atoms with Crippen LogP contribution in [-0.2, 0) is 7.05 Å². The first-order valence-electron chi connectivity index (χ1n) is 11.1. The summed E-state index contributed by atoms with van der Waals surface area (Å²) < 4.78 is 1.84. The molecule has 0 unspecified atom stereocenters. The summed E-state index contributed by atoms with van der Waals surface area (Å²) in [6.07, 6.45) is 6.56. The van der Waals surface area contributed by atoms with E-state index >= 15 is 0 Å². The number of benzene rings is 2. The van der Waals surface area contributed by atoms with Crippen LogP contribution >= 0.6 is 11.6 Å². The number of fused-ring (bicyclic) bond motifs is 2. The number of amides is 1. The van der Waals surface area contributed by atoms with Gasteiger partial charge in [0.15, 0.2) is 5.82 Å². The van der Waals surface area contributed by atoms with Crippen LogP contribution in [0.15, 0.2) is 79.4 Å². The fourth-order valence-electron chi connectivity index (χ4n) is 4.09. The number of nitrogens with zero attached hydrogens (tertiary/aromatic N) is 5. The van der Waals surface area contributed by atoms with E-state index in [9.17, 15) is 4.79 Å². The lowest BCUT2D eigenvalue weighted by Gasteiger charge is -2.09. The Morgan fingerprint density at radius 3 is 2.81 bits per heavy atom. The number of hydrogen-bond donors (Lipinski definition) is 3. The molecule has 176 valence electrons. The van der Waals surface area contributed by atoms with Gasteiger partial charge in [0, 0.05) is 53.2 Å². The zero-order valence-electron chi connectivity index (χ0n) is 19.0. The highest BCUT2D eigenvalue weighted by molar-refractivity contribution is 6.33. The Balaban J connectivity index is 1.29. The number of aryl methyl sites for hydroxylation is 1. The van der Waals surface area contributed by atoms with E-state index in [-0.39, 0.29) is 5.91 Å². The lowest BCUT2D eigenvalue weighted by Crippen LogP contribution is -2.15. The Hall–Kier alpha value is -4.76. The van der Waals surface area contributed by atoms with Crippen LogP contribution in [0.5, 0.6) is 0 Å². The summed E-state index contributed by atoms with van der Waals surface area (Å²) in [5, 5.41) is 15.5. The molecule has 0 saturated heterocycles. The number of H-pyrrole nitrogens is 1. The number of anilines is 3. The zero-order chi connectivity index (χ0) is 24.6. The summed E-state index contributed by atoms with van der Waals surface area (Å²) in [7, 11) is 1.85. The van der Waals surface area contributed by atoms with Crippen molar-refractivity contribution in [3.63, 3.8) is 0 Å². The highest BCUT2D eigenvalue weighted by atomic mass is 35.5. The van der Waals surface area contributed by atoms with E-state index in [0.29, 0.717) is 28.0 Å². The Morgan fingerprint density at radius 1 is 1.00 bits per heavy atom. The van der Waals surface area contributed by atoms with Gasteiger partial charge in [0.2, 0.25) is 0 Å². The third-order valence-corrected chi connectivity index (χ3v) is 6.23. The third kappa shape index (κ3) is 4.01. The number of aromatic amines is 1. The lowest BCUT2D eigenvalue weighted by atomic mass is 10.1. The van der Waals surface area contributed by atoms with E-state index < -0.39 is 0 Å². The van der Waals surface area contributed by atoms with E-state index in [0.717, 1.165) is 33.1 Å². The van der Waals surface area contributed by atoms with Gasteiger partial charge in [-0.25, -0.2) is 9.97 Å². The summed E-state index contributed by atoms with van der Waals surface area (Å²) in [5.74, 6) is 0.978. The minimum Gasteiger partial charge on any atom is -0.340 e. The monoisotopic (exact) mass is 494 g/mol. The largest absolute Gasteiger partial charge is 0.340 e. The van der Waals surface area contributed by atoms with Gasteiger partial charge in [-0.05, 0) is 42.5 Å². The number of pyridine rings is 1. The molecular formula is C26H19ClN8O. The molecule has 9 nitrogen and oxygen atoms in total. The Kier molecular flexibility index (Phi) is 5.31. The van der Waals surface area contributed by atoms with Gasteiger partial charge in [0.05, 0.1) is 22.4 Å². The Bertz CT molecular complexity index is 1760. The molecule has 2 aromatic carbocycles. The SMILES string of the molecule is Cn1c(C(=O)Nc2ccncc2Cl)cc2ccc(-c3nccc(Nc4ccc5[nH]ncc5c4)n3)cc21. The topological polar surface area (TPSA) is 113 Å². The lowest BCUT2D eigenvalue weighted by molar-refractivity contribution is 0.101. The zero-order valence-corrected chi connectivity index (χ0v) is 19.8. The Morgan fingerprint density at radius 2 is 1.92 bits per heavy atom. The molecule has 0 fully saturated rings. The summed E-state index contributed by atoms with van der Waals surface area (Å²) in [6, 6.07) is 17.1. The van der Waals surface area contributed by atoms with Gasteiger partial charge in [0.1, 0.15) is 11.5 Å². The maximum atomic E-state index is 12.9. The summed E-state index contributed by atoms with van der Waals surface area (Å²) in [6.45, 7) is 0. The van der Waals surface area contributed by atoms with Crippen LogP contribution in [0, 0.1) is 0 Å². The predicted molar refractivity (Wildman–Crippen MR) is 141 cm³/mol. The fraction of sp³-hybridized carbons (Fsp3) is 0.0385. The second-order valence-electron chi connectivity index (χ2n) is 8.23. The standard InChI is InChI=1S/C26H19ClN8O/c1-35-22-12-16(3-2-15(22)11-23(35)26(36)32-21-6-8-28-14-19(21)27)25-29-9-7-24(33-25)31-18-4-5-20-17(10-18)13-30-34-20/h2-14H,1H3,(H,30,34)(H,28,32,36)(H,29,31,33). The third-order valence-electron chi connectivity index (χ3n) is 5.93. The fourth-order valence-corrected chi connectivity index (χ4v) is 4.25. The summed E-state index contributed by atoms with van der Waals surface area (Å²) in [4.78, 5) is 26.0. The molecule has 0 bridgehead atoms. The molecule has 0 spiro atoms. The van der Waals surface area contributed by atoms with Crippen molar-refractivity contribution in [1.29, 1.82) is 0 Å². The molecule has 0 atom stereocenters. The molecule has 0 aliphatic carbocycles. The number of rotatable bonds is 5. The highest BCUT2D eigenvalue weighted by Crippen LogP contribution is 2.27. The second kappa shape index (κ2) is 8.79. The van der Waals surface area contributed by atoms with E-state index in [1.165, 1.54) is 6.20 Å². The van der Waals surface area contributed by atoms with Crippen LogP contribution in [0.2, 0.25) is 5.02 Å². The molecule has 0 aliphatic rings. The van der Waals surface area contributed by atoms with Crippen LogP contribution in [0.3, 0.4) is 0 Å². The molecule has 3 N–H and O–H groups in total. The van der Waals surface area contributed by atoms with Crippen LogP contribution in [0.25, 0.3) is 33.2 Å². The molecule has 10 heteroatoms.